The molecule has 2 aromatic carbocycles. The highest BCUT2D eigenvalue weighted by Gasteiger charge is 2.34. The number of thioether (sulfide) groups is 1. The molecule has 3 heterocycles. The average molecular weight is 399 g/mol. The molecule has 142 valence electrons. The van der Waals surface area contributed by atoms with Gasteiger partial charge in [-0.25, -0.2) is 5.01 Å². The van der Waals surface area contributed by atoms with Crippen LogP contribution in [0.2, 0.25) is 0 Å². The molecular weight excluding hydrogens is 382 g/mol. The predicted octanol–water partition coefficient (Wildman–Crippen LogP) is 2.16. The monoisotopic (exact) mass is 399 g/mol. The second kappa shape index (κ2) is 7.52. The van der Waals surface area contributed by atoms with Crippen molar-refractivity contribution in [1.82, 2.24) is 15.3 Å². The first-order valence-corrected chi connectivity index (χ1v) is 10.2. The number of rotatable bonds is 3. The number of amides is 1. The molecule has 0 radical (unpaired) electrons. The number of fused-ring (bicyclic) bond motifs is 2. The summed E-state index contributed by atoms with van der Waals surface area (Å²) < 4.78 is 0. The zero-order valence-corrected chi connectivity index (χ0v) is 16.2. The fraction of sp³-hybridized carbons (Fsp3) is 0.0909. The highest BCUT2D eigenvalue weighted by Crippen LogP contribution is 2.29. The Balaban J connectivity index is 1.57. The first-order valence-electron chi connectivity index (χ1n) is 9.23. The van der Waals surface area contributed by atoms with Gasteiger partial charge in [-0.05, 0) is 23.8 Å². The summed E-state index contributed by atoms with van der Waals surface area (Å²) in [6, 6.07) is 23.4. The largest absolute Gasteiger partial charge is 0.298 e. The lowest BCUT2D eigenvalue weighted by atomic mass is 10.1. The molecule has 1 N–H and O–H groups in total. The van der Waals surface area contributed by atoms with Gasteiger partial charge in [0.1, 0.15) is 5.70 Å². The minimum absolute atomic E-state index is 0.182. The fourth-order valence-corrected chi connectivity index (χ4v) is 4.15. The normalized spacial score (nSPS) is 17.6. The van der Waals surface area contributed by atoms with Gasteiger partial charge >= 0.3 is 0 Å². The van der Waals surface area contributed by atoms with Crippen LogP contribution in [0.25, 0.3) is 5.70 Å². The molecule has 1 unspecified atom stereocenters. The van der Waals surface area contributed by atoms with E-state index in [0.29, 0.717) is 16.6 Å². The number of para-hydroxylation sites is 1. The number of amidine groups is 1. The van der Waals surface area contributed by atoms with Crippen molar-refractivity contribution in [3.8, 4) is 0 Å². The maximum Gasteiger partial charge on any atom is 0.276 e. The highest BCUT2D eigenvalue weighted by molar-refractivity contribution is 8.13. The van der Waals surface area contributed by atoms with E-state index in [2.05, 4.69) is 22.4 Å². The van der Waals surface area contributed by atoms with Crippen LogP contribution in [0.15, 0.2) is 89.1 Å². The fourth-order valence-electron chi connectivity index (χ4n) is 3.34. The van der Waals surface area contributed by atoms with E-state index in [1.54, 1.807) is 11.2 Å². The molecule has 3 aromatic rings. The average Bonchev–Trinajstić information content (AvgIpc) is 2.78. The summed E-state index contributed by atoms with van der Waals surface area (Å²) in [4.78, 5) is 22.3. The van der Waals surface area contributed by atoms with Crippen molar-refractivity contribution < 1.29 is 4.79 Å². The lowest BCUT2D eigenvalue weighted by Gasteiger charge is -2.33. The van der Waals surface area contributed by atoms with Gasteiger partial charge in [0.25, 0.3) is 5.91 Å². The van der Waals surface area contributed by atoms with Gasteiger partial charge in [0.2, 0.25) is 0 Å². The van der Waals surface area contributed by atoms with E-state index in [9.17, 15) is 4.79 Å². The Labute approximate surface area is 171 Å². The van der Waals surface area contributed by atoms with Crippen LogP contribution in [0.4, 0.5) is 0 Å². The van der Waals surface area contributed by atoms with Crippen LogP contribution >= 0.6 is 11.8 Å². The zero-order valence-electron chi connectivity index (χ0n) is 15.4. The van der Waals surface area contributed by atoms with Gasteiger partial charge in [0.15, 0.2) is 11.3 Å². The van der Waals surface area contributed by atoms with Gasteiger partial charge in [-0.1, -0.05) is 66.4 Å². The number of aromatic nitrogens is 1. The van der Waals surface area contributed by atoms with E-state index in [0.717, 1.165) is 16.3 Å². The van der Waals surface area contributed by atoms with Crippen molar-refractivity contribution in [3.05, 3.63) is 101 Å². The number of carbonyl (C=O) groups is 1. The number of nitrogens with one attached hydrogen (secondary N) is 1. The molecule has 0 aliphatic carbocycles. The molecule has 29 heavy (non-hydrogen) atoms. The quantitative estimate of drug-likeness (QED) is 0.733. The first-order chi connectivity index (χ1) is 14.3. The SMILES string of the molecule is O=C1NC(SCc2ccccc2)=NN2C1=c1ccccc1=NC2c1ccccn1. The van der Waals surface area contributed by atoms with Crippen molar-refractivity contribution in [2.45, 2.75) is 11.9 Å². The molecule has 1 amide bonds. The Bertz CT molecular complexity index is 1210. The number of hydrogen-bond acceptors (Lipinski definition) is 6. The third-order valence-corrected chi connectivity index (χ3v) is 5.62. The van der Waals surface area contributed by atoms with E-state index < -0.39 is 6.17 Å². The molecule has 2 aliphatic heterocycles. The van der Waals surface area contributed by atoms with E-state index in [-0.39, 0.29) is 5.91 Å². The van der Waals surface area contributed by atoms with Crippen molar-refractivity contribution in [2.24, 2.45) is 10.1 Å². The Kier molecular flexibility index (Phi) is 4.57. The van der Waals surface area contributed by atoms with Crippen LogP contribution in [0.5, 0.6) is 0 Å². The molecule has 0 saturated carbocycles. The van der Waals surface area contributed by atoms with Crippen molar-refractivity contribution >= 4 is 28.5 Å². The molecular formula is C22H17N5OS. The van der Waals surface area contributed by atoms with Gasteiger partial charge < -0.3 is 0 Å². The van der Waals surface area contributed by atoms with Crippen LogP contribution in [0.1, 0.15) is 17.4 Å². The van der Waals surface area contributed by atoms with Crippen LogP contribution in [0, 0.1) is 0 Å². The van der Waals surface area contributed by atoms with Crippen molar-refractivity contribution in [2.75, 3.05) is 0 Å². The molecule has 0 bridgehead atoms. The van der Waals surface area contributed by atoms with Crippen molar-refractivity contribution in [3.63, 3.8) is 0 Å². The number of hydrazone groups is 1. The van der Waals surface area contributed by atoms with E-state index in [1.807, 2.05) is 60.7 Å². The summed E-state index contributed by atoms with van der Waals surface area (Å²) in [6.07, 6.45) is 1.24. The molecule has 6 nitrogen and oxygen atoms in total. The molecule has 0 fully saturated rings. The standard InChI is InChI=1S/C22H17N5OS/c28-21-19-16-10-4-5-11-17(16)24-20(18-12-6-7-13-23-18)27(19)26-22(25-21)29-14-15-8-2-1-3-9-15/h1-13,20H,14H2,(H,25,26,28). The second-order valence-corrected chi connectivity index (χ2v) is 7.57. The summed E-state index contributed by atoms with van der Waals surface area (Å²) in [6.45, 7) is 0. The number of benzene rings is 2. The van der Waals surface area contributed by atoms with Crippen molar-refractivity contribution in [1.29, 1.82) is 0 Å². The molecule has 2 aliphatic rings. The Morgan fingerprint density at radius 2 is 1.76 bits per heavy atom. The highest BCUT2D eigenvalue weighted by atomic mass is 32.2. The van der Waals surface area contributed by atoms with Crippen LogP contribution < -0.4 is 15.9 Å². The van der Waals surface area contributed by atoms with E-state index in [1.165, 1.54) is 17.3 Å². The molecule has 0 spiro atoms. The summed E-state index contributed by atoms with van der Waals surface area (Å²) in [5.41, 5.74) is 2.40. The smallest absolute Gasteiger partial charge is 0.276 e. The zero-order chi connectivity index (χ0) is 19.6. The van der Waals surface area contributed by atoms with Crippen LogP contribution in [-0.4, -0.2) is 21.1 Å². The predicted molar refractivity (Wildman–Crippen MR) is 113 cm³/mol. The van der Waals surface area contributed by atoms with Gasteiger partial charge in [0.05, 0.1) is 11.1 Å². The number of nitrogens with zero attached hydrogens (tertiary/aromatic N) is 4. The number of pyridine rings is 1. The maximum absolute atomic E-state index is 13.0. The Morgan fingerprint density at radius 3 is 2.59 bits per heavy atom. The molecule has 1 aromatic heterocycles. The van der Waals surface area contributed by atoms with Gasteiger partial charge in [0, 0.05) is 17.2 Å². The molecule has 7 heteroatoms. The second-order valence-electron chi connectivity index (χ2n) is 6.60. The molecule has 0 saturated heterocycles. The summed E-state index contributed by atoms with van der Waals surface area (Å²) in [5.74, 6) is 0.532. The first kappa shape index (κ1) is 17.6. The Hall–Kier alpha value is -3.45. The lowest BCUT2D eigenvalue weighted by Crippen LogP contribution is -2.50. The maximum atomic E-state index is 13.0. The Morgan fingerprint density at radius 1 is 0.966 bits per heavy atom. The lowest BCUT2D eigenvalue weighted by molar-refractivity contribution is -0.116. The van der Waals surface area contributed by atoms with Gasteiger partial charge in [-0.2, -0.15) is 0 Å². The number of hydrogen-bond donors (Lipinski definition) is 1. The third kappa shape index (κ3) is 3.40. The van der Waals surface area contributed by atoms with E-state index in [4.69, 9.17) is 10.1 Å². The topological polar surface area (TPSA) is 70.0 Å². The van der Waals surface area contributed by atoms with E-state index >= 15 is 0 Å². The number of carbonyl (C=O) groups excluding carboxylic acids is 1. The van der Waals surface area contributed by atoms with Gasteiger partial charge in [-0.3, -0.25) is 20.1 Å². The molecule has 1 atom stereocenters. The summed E-state index contributed by atoms with van der Waals surface area (Å²) in [7, 11) is 0. The summed E-state index contributed by atoms with van der Waals surface area (Å²) >= 11 is 1.49. The van der Waals surface area contributed by atoms with Crippen LogP contribution in [0.3, 0.4) is 0 Å². The third-order valence-electron chi connectivity index (χ3n) is 4.69. The van der Waals surface area contributed by atoms with Gasteiger partial charge in [-0.15, -0.1) is 5.10 Å². The minimum atomic E-state index is -0.487. The minimum Gasteiger partial charge on any atom is -0.298 e. The molecule has 5 rings (SSSR count). The van der Waals surface area contributed by atoms with Crippen LogP contribution in [-0.2, 0) is 10.5 Å². The summed E-state index contributed by atoms with van der Waals surface area (Å²) in [5, 5.41) is 11.4.